The van der Waals surface area contributed by atoms with E-state index in [-0.39, 0.29) is 111 Å². The zero-order chi connectivity index (χ0) is 94.9. The largest absolute Gasteiger partial charge is 0.567 e. The van der Waals surface area contributed by atoms with Crippen molar-refractivity contribution in [3.63, 3.8) is 0 Å². The molecule has 0 spiro atoms. The molecule has 1 atom stereocenters. The molecule has 3 aliphatic heterocycles. The summed E-state index contributed by atoms with van der Waals surface area (Å²) in [5, 5.41) is 59.9. The number of nitrogens with one attached hydrogen (secondary N) is 6. The van der Waals surface area contributed by atoms with E-state index in [9.17, 15) is 52.9 Å². The summed E-state index contributed by atoms with van der Waals surface area (Å²) in [7, 11) is -3.12. The smallest absolute Gasteiger partial charge is 0.485 e. The average molecular weight is 1820 g/mol. The second-order valence-corrected chi connectivity index (χ2v) is 32.8. The SMILES string of the molecule is Cc1ccc(-c2cc(=O)c3c(O)c(CO)ccc3[nH]2)cc1F.Cc1ccc(-c2cc(=O)c3cc(CO)c(O)cc3[nH]2)c(F)c1.Cc1cccc(-c2cc(=O)c3c(O)c(CO)ccc3[nH]2)c1.Cc1cccc(-c2cc(=O)c3c4c(ccc3[nH]2)OCO4)c1.Cc1cccc(-c2cc(=O)c3cc(N4CCCC4)ccc3[nH]2)c1.Cc1cccc(-c2cc(=O)c3cc4c(cc3[nH]2)OCO4)c1.O=[P+]([O-])O. The maximum Gasteiger partial charge on any atom is 0.485 e. The molecular formula is C105H90F2N7O19P. The lowest BCUT2D eigenvalue weighted by molar-refractivity contribution is -0.180. The Bertz CT molecular complexity index is 7940. The molecule has 13 N–H and O–H groups in total. The predicted octanol–water partition coefficient (Wildman–Crippen LogP) is 17.9. The summed E-state index contributed by atoms with van der Waals surface area (Å²) in [5.74, 6) is 1.15. The number of rotatable bonds is 10. The fourth-order valence-electron chi connectivity index (χ4n) is 16.0. The number of H-pyrrole nitrogens is 6. The van der Waals surface area contributed by atoms with Crippen molar-refractivity contribution in [1.82, 2.24) is 29.9 Å². The van der Waals surface area contributed by atoms with E-state index < -0.39 is 19.5 Å². The van der Waals surface area contributed by atoms with Crippen molar-refractivity contribution < 1.29 is 72.7 Å². The Morgan fingerprint density at radius 3 is 1.23 bits per heavy atom. The van der Waals surface area contributed by atoms with Crippen molar-refractivity contribution in [1.29, 1.82) is 0 Å². The van der Waals surface area contributed by atoms with Gasteiger partial charge in [-0.05, 0) is 189 Å². The van der Waals surface area contributed by atoms with Crippen molar-refractivity contribution in [2.75, 3.05) is 31.6 Å². The van der Waals surface area contributed by atoms with Gasteiger partial charge in [0.25, 0.3) is 0 Å². The van der Waals surface area contributed by atoms with E-state index in [1.54, 1.807) is 80.6 Å². The third-order valence-corrected chi connectivity index (χ3v) is 22.8. The molecule has 0 saturated carbocycles. The number of hydrogen-bond acceptors (Lipinski definition) is 19. The number of aromatic amines is 6. The highest BCUT2D eigenvalue weighted by atomic mass is 31.1. The number of ether oxygens (including phenoxy) is 4. The van der Waals surface area contributed by atoms with Crippen molar-refractivity contribution >= 4 is 79.4 Å². The maximum atomic E-state index is 14.1. The number of aromatic hydroxyl groups is 3. The lowest BCUT2D eigenvalue weighted by atomic mass is 10.0. The first-order chi connectivity index (χ1) is 64.5. The van der Waals surface area contributed by atoms with Gasteiger partial charge in [0.1, 0.15) is 28.9 Å². The van der Waals surface area contributed by atoms with Crippen LogP contribution in [0.15, 0.2) is 277 Å². The van der Waals surface area contributed by atoms with E-state index in [4.69, 9.17) is 48.6 Å². The highest BCUT2D eigenvalue weighted by molar-refractivity contribution is 7.29. The number of pyridine rings is 6. The summed E-state index contributed by atoms with van der Waals surface area (Å²) in [6.45, 7) is 13.1. The molecule has 29 heteroatoms. The number of benzene rings is 12. The Morgan fingerprint density at radius 2 is 0.746 bits per heavy atom. The molecular weight excluding hydrogens is 1730 g/mol. The van der Waals surface area contributed by atoms with Crippen molar-refractivity contribution in [2.24, 2.45) is 0 Å². The summed E-state index contributed by atoms with van der Waals surface area (Å²) in [4.78, 5) is 111. The first-order valence-electron chi connectivity index (χ1n) is 42.4. The Balaban J connectivity index is 0.000000122. The third kappa shape index (κ3) is 20.9. The van der Waals surface area contributed by atoms with Crippen LogP contribution >= 0.6 is 8.25 Å². The summed E-state index contributed by atoms with van der Waals surface area (Å²) in [5.41, 5.74) is 19.5. The molecule has 0 radical (unpaired) electrons. The van der Waals surface area contributed by atoms with Crippen LogP contribution in [-0.4, -0.2) is 92.1 Å². The van der Waals surface area contributed by atoms with Gasteiger partial charge in [-0.15, -0.1) is 0 Å². The number of aryl methyl sites for hydroxylation is 6. The number of aliphatic hydroxyl groups is 3. The quantitative estimate of drug-likeness (QED) is 0.0566. The van der Waals surface area contributed by atoms with Gasteiger partial charge in [-0.2, -0.15) is 4.89 Å². The van der Waals surface area contributed by atoms with E-state index in [0.717, 1.165) is 102 Å². The minimum atomic E-state index is -3.12. The zero-order valence-corrected chi connectivity index (χ0v) is 74.1. The minimum absolute atomic E-state index is 0.0291. The highest BCUT2D eigenvalue weighted by Gasteiger charge is 2.23. The number of halogens is 2. The number of fused-ring (bicyclic) bond motifs is 9. The van der Waals surface area contributed by atoms with Crippen LogP contribution in [0.4, 0.5) is 14.5 Å². The molecule has 1 saturated heterocycles. The molecule has 1 unspecified atom stereocenters. The lowest BCUT2D eigenvalue weighted by Gasteiger charge is -2.18. The van der Waals surface area contributed by atoms with Crippen LogP contribution in [0.5, 0.6) is 40.2 Å². The van der Waals surface area contributed by atoms with Crippen LogP contribution in [0.3, 0.4) is 0 Å². The monoisotopic (exact) mass is 1820 g/mol. The normalized spacial score (nSPS) is 12.2. The number of aromatic nitrogens is 6. The zero-order valence-electron chi connectivity index (χ0n) is 73.2. The second-order valence-electron chi connectivity index (χ2n) is 32.3. The topological polar surface area (TPSA) is 419 Å². The second kappa shape index (κ2) is 40.6. The van der Waals surface area contributed by atoms with Crippen molar-refractivity contribution in [3.05, 3.63) is 372 Å². The number of nitrogens with zero attached hydrogens (tertiary/aromatic N) is 1. The van der Waals surface area contributed by atoms with Crippen LogP contribution in [0, 0.1) is 53.2 Å². The Kier molecular flexibility index (Phi) is 28.1. The van der Waals surface area contributed by atoms with E-state index in [1.807, 2.05) is 136 Å². The Hall–Kier alpha value is -15.9. The molecule has 12 aromatic carbocycles. The van der Waals surface area contributed by atoms with Crippen LogP contribution in [0.1, 0.15) is 62.9 Å². The van der Waals surface area contributed by atoms with E-state index in [1.165, 1.54) is 66.9 Å². The molecule has 0 bridgehead atoms. The molecule has 0 aliphatic carbocycles. The van der Waals surface area contributed by atoms with Gasteiger partial charge in [0, 0.05) is 145 Å². The van der Waals surface area contributed by atoms with Crippen LogP contribution < -0.4 is 61.3 Å². The van der Waals surface area contributed by atoms with Crippen molar-refractivity contribution in [2.45, 2.75) is 74.2 Å². The van der Waals surface area contributed by atoms with Gasteiger partial charge in [-0.1, -0.05) is 125 Å². The van der Waals surface area contributed by atoms with Crippen LogP contribution in [0.25, 0.3) is 133 Å². The Labute approximate surface area is 763 Å². The van der Waals surface area contributed by atoms with Crippen molar-refractivity contribution in [3.8, 4) is 108 Å². The molecule has 134 heavy (non-hydrogen) atoms. The van der Waals surface area contributed by atoms with E-state index in [0.29, 0.717) is 89.5 Å². The first-order valence-corrected chi connectivity index (χ1v) is 43.6. The minimum Gasteiger partial charge on any atom is -0.567 e. The number of aliphatic hydroxyl groups excluding tert-OH is 3. The molecule has 21 rings (SSSR count). The molecule has 1 fully saturated rings. The third-order valence-electron chi connectivity index (χ3n) is 22.8. The fraction of sp³-hybridized carbons (Fsp3) is 0.143. The fourth-order valence-corrected chi connectivity index (χ4v) is 16.0. The summed E-state index contributed by atoms with van der Waals surface area (Å²) in [6.07, 6.45) is 2.47. The maximum absolute atomic E-state index is 14.1. The molecule has 26 nitrogen and oxygen atoms in total. The molecule has 3 aliphatic rings. The van der Waals surface area contributed by atoms with Gasteiger partial charge in [0.2, 0.25) is 13.6 Å². The van der Waals surface area contributed by atoms with Crippen LogP contribution in [-0.2, 0) is 24.4 Å². The molecule has 9 heterocycles. The highest BCUT2D eigenvalue weighted by Crippen LogP contribution is 2.40. The number of phenols is 3. The van der Waals surface area contributed by atoms with Gasteiger partial charge in [-0.3, -0.25) is 28.8 Å². The van der Waals surface area contributed by atoms with E-state index in [2.05, 4.69) is 59.9 Å². The van der Waals surface area contributed by atoms with Gasteiger partial charge in [-0.25, -0.2) is 8.78 Å². The van der Waals surface area contributed by atoms with Gasteiger partial charge in [0.05, 0.1) is 69.3 Å². The molecule has 0 amide bonds. The molecule has 18 aromatic rings. The standard InChI is InChI=1S/C20H20N2O.2C17H14FNO3.2C17H13NO3.C17H15NO3.HO3P/c1-14-5-4-6-15(11-14)19-13-20(23)17-12-16(7-8-18(17)21-19)22-9-2-3-10-22;1-9-2-3-11(13(18)4-9)14-7-17(22)12-5-10(8-20)16(21)6-15(12)19-14;1-9-2-3-10(6-12(9)18)14-7-15(21)16-13(19-14)5-4-11(8-20)17(16)22;1-10-3-2-4-11(5-10)13-7-15(19)12-6-16-17(21-9-20-16)8-14(12)18-13;1-10-3-2-4-11(7-10)13-8-14(19)16-12(18-13)5-6-15-17(16)21-9-20-15;1-10-3-2-4-11(7-10)14-8-15(20)16-13(18-14)6-5-12(9-19)17(16)21;1-4(2)3/h4-8,11-13H,2-3,9-10H2,1H3,(H,21,23);2-7,20-21H,8H2,1H3,(H,19,22);2-7,20,22H,8H2,1H3,(H,19,21);2*2-8H,9H2,1H3,(H,18,19);2-8,19,21H,9H2,1H3,(H,18,20);(H,1,2,3). The lowest BCUT2D eigenvalue weighted by Crippen LogP contribution is -2.17. The number of anilines is 1. The summed E-state index contributed by atoms with van der Waals surface area (Å²) < 4.78 is 57.8. The van der Waals surface area contributed by atoms with Gasteiger partial charge < -0.3 is 89.3 Å². The summed E-state index contributed by atoms with van der Waals surface area (Å²) in [6, 6.07) is 73.2. The molecule has 678 valence electrons. The van der Waals surface area contributed by atoms with E-state index >= 15 is 0 Å². The van der Waals surface area contributed by atoms with Gasteiger partial charge in [0.15, 0.2) is 55.6 Å². The summed E-state index contributed by atoms with van der Waals surface area (Å²) >= 11 is 0. The number of hydrogen-bond donors (Lipinski definition) is 13. The predicted molar refractivity (Wildman–Crippen MR) is 515 cm³/mol. The Morgan fingerprint density at radius 1 is 0.358 bits per heavy atom. The average Bonchev–Trinajstić information content (AvgIpc) is 1.67. The van der Waals surface area contributed by atoms with Gasteiger partial charge >= 0.3 is 8.25 Å². The first kappa shape index (κ1) is 92.8. The van der Waals surface area contributed by atoms with Crippen LogP contribution in [0.2, 0.25) is 0 Å². The molecule has 6 aromatic heterocycles.